The Hall–Kier alpha value is -3.42. The number of esters is 1. The molecule has 1 aliphatic heterocycles. The molecule has 0 saturated carbocycles. The maximum absolute atomic E-state index is 13.0. The third-order valence-corrected chi connectivity index (χ3v) is 4.02. The van der Waals surface area contributed by atoms with Gasteiger partial charge in [0.05, 0.1) is 11.3 Å². The number of ether oxygens (including phenoxy) is 1. The van der Waals surface area contributed by atoms with E-state index in [2.05, 4.69) is 10.6 Å². The van der Waals surface area contributed by atoms with Crippen molar-refractivity contribution >= 4 is 29.3 Å². The second-order valence-corrected chi connectivity index (χ2v) is 5.95. The number of imide groups is 1. The minimum Gasteiger partial charge on any atom is -0.449 e. The van der Waals surface area contributed by atoms with Crippen LogP contribution in [0.1, 0.15) is 17.3 Å². The normalized spacial score (nSPS) is 14.4. The summed E-state index contributed by atoms with van der Waals surface area (Å²) < 4.78 is 18.3. The molecule has 0 radical (unpaired) electrons. The molecular formula is C19H18FN3O4. The maximum Gasteiger partial charge on any atom is 0.341 e. The number of nitrogens with one attached hydrogen (secondary N) is 2. The van der Waals surface area contributed by atoms with E-state index < -0.39 is 24.0 Å². The highest BCUT2D eigenvalue weighted by molar-refractivity contribution is 6.01. The van der Waals surface area contributed by atoms with Crippen LogP contribution in [0.2, 0.25) is 0 Å². The predicted molar refractivity (Wildman–Crippen MR) is 96.1 cm³/mol. The van der Waals surface area contributed by atoms with Crippen LogP contribution in [0.5, 0.6) is 0 Å². The first kappa shape index (κ1) is 18.4. The van der Waals surface area contributed by atoms with E-state index in [-0.39, 0.29) is 17.9 Å². The van der Waals surface area contributed by atoms with Crippen molar-refractivity contribution in [3.05, 3.63) is 59.9 Å². The third-order valence-electron chi connectivity index (χ3n) is 4.02. The zero-order valence-corrected chi connectivity index (χ0v) is 14.6. The second-order valence-electron chi connectivity index (χ2n) is 5.95. The first-order valence-corrected chi connectivity index (χ1v) is 8.37. The molecule has 1 atom stereocenters. The van der Waals surface area contributed by atoms with Gasteiger partial charge in [0.1, 0.15) is 5.82 Å². The van der Waals surface area contributed by atoms with Crippen molar-refractivity contribution < 1.29 is 23.5 Å². The van der Waals surface area contributed by atoms with Gasteiger partial charge in [-0.3, -0.25) is 9.69 Å². The summed E-state index contributed by atoms with van der Waals surface area (Å²) in [5.74, 6) is -1.66. The Morgan fingerprint density at radius 3 is 2.56 bits per heavy atom. The summed E-state index contributed by atoms with van der Waals surface area (Å²) in [6.07, 6.45) is -1.11. The van der Waals surface area contributed by atoms with Crippen LogP contribution in [0, 0.1) is 5.82 Å². The molecule has 1 heterocycles. The van der Waals surface area contributed by atoms with E-state index in [0.29, 0.717) is 17.9 Å². The van der Waals surface area contributed by atoms with Gasteiger partial charge in [-0.25, -0.2) is 14.0 Å². The number of hydrogen-bond acceptors (Lipinski definition) is 5. The van der Waals surface area contributed by atoms with Crippen molar-refractivity contribution in [3.8, 4) is 0 Å². The molecule has 0 aliphatic carbocycles. The van der Waals surface area contributed by atoms with E-state index in [1.54, 1.807) is 24.3 Å². The molecule has 0 aromatic heterocycles. The number of rotatable bonds is 5. The van der Waals surface area contributed by atoms with E-state index in [0.717, 1.165) is 4.90 Å². The molecule has 0 bridgehead atoms. The predicted octanol–water partition coefficient (Wildman–Crippen LogP) is 2.67. The third kappa shape index (κ3) is 4.22. The van der Waals surface area contributed by atoms with Gasteiger partial charge in [-0.2, -0.15) is 0 Å². The molecule has 1 fully saturated rings. The van der Waals surface area contributed by atoms with E-state index >= 15 is 0 Å². The summed E-state index contributed by atoms with van der Waals surface area (Å²) in [7, 11) is 0. The van der Waals surface area contributed by atoms with Gasteiger partial charge in [-0.05, 0) is 43.3 Å². The van der Waals surface area contributed by atoms with Crippen molar-refractivity contribution in [3.63, 3.8) is 0 Å². The average molecular weight is 371 g/mol. The number of para-hydroxylation sites is 1. The smallest absolute Gasteiger partial charge is 0.341 e. The zero-order chi connectivity index (χ0) is 19.4. The number of amides is 3. The van der Waals surface area contributed by atoms with Crippen LogP contribution in [-0.2, 0) is 9.53 Å². The molecule has 3 amide bonds. The lowest BCUT2D eigenvalue weighted by Gasteiger charge is -2.19. The van der Waals surface area contributed by atoms with Crippen molar-refractivity contribution in [1.29, 1.82) is 0 Å². The monoisotopic (exact) mass is 371 g/mol. The number of benzene rings is 2. The van der Waals surface area contributed by atoms with Gasteiger partial charge in [-0.1, -0.05) is 12.1 Å². The first-order chi connectivity index (χ1) is 13.0. The summed E-state index contributed by atoms with van der Waals surface area (Å²) >= 11 is 0. The molecule has 2 N–H and O–H groups in total. The first-order valence-electron chi connectivity index (χ1n) is 8.37. The van der Waals surface area contributed by atoms with E-state index in [9.17, 15) is 18.8 Å². The largest absolute Gasteiger partial charge is 0.449 e. The Labute approximate surface area is 155 Å². The quantitative estimate of drug-likeness (QED) is 0.789. The van der Waals surface area contributed by atoms with Crippen molar-refractivity contribution in [1.82, 2.24) is 10.2 Å². The lowest BCUT2D eigenvalue weighted by Crippen LogP contribution is -2.41. The number of carbonyl (C=O) groups is 3. The SMILES string of the molecule is CC(OC(=O)c1ccccc1Nc1ccc(F)cc1)C(=O)N1CCNC1=O. The van der Waals surface area contributed by atoms with Crippen LogP contribution in [0.25, 0.3) is 0 Å². The minimum atomic E-state index is -1.11. The average Bonchev–Trinajstić information content (AvgIpc) is 3.09. The number of urea groups is 1. The van der Waals surface area contributed by atoms with Gasteiger partial charge in [0.2, 0.25) is 0 Å². The van der Waals surface area contributed by atoms with Crippen molar-refractivity contribution in [2.75, 3.05) is 18.4 Å². The topological polar surface area (TPSA) is 87.7 Å². The molecule has 140 valence electrons. The Kier molecular flexibility index (Phi) is 5.35. The Bertz CT molecular complexity index is 870. The molecule has 1 saturated heterocycles. The van der Waals surface area contributed by atoms with Gasteiger partial charge < -0.3 is 15.4 Å². The van der Waals surface area contributed by atoms with Crippen LogP contribution >= 0.6 is 0 Å². The summed E-state index contributed by atoms with van der Waals surface area (Å²) in [6.45, 7) is 2.03. The van der Waals surface area contributed by atoms with Gasteiger partial charge in [0, 0.05) is 18.8 Å². The maximum atomic E-state index is 13.0. The minimum absolute atomic E-state index is 0.215. The summed E-state index contributed by atoms with van der Waals surface area (Å²) in [6, 6.07) is 11.8. The molecule has 3 rings (SSSR count). The molecule has 1 aliphatic rings. The van der Waals surface area contributed by atoms with E-state index in [1.807, 2.05) is 0 Å². The van der Waals surface area contributed by atoms with Crippen LogP contribution in [-0.4, -0.2) is 42.0 Å². The molecule has 2 aromatic rings. The molecule has 7 nitrogen and oxygen atoms in total. The van der Waals surface area contributed by atoms with E-state index in [1.165, 1.54) is 31.2 Å². The number of hydrogen-bond donors (Lipinski definition) is 2. The summed E-state index contributed by atoms with van der Waals surface area (Å²) in [5.41, 5.74) is 1.26. The molecular weight excluding hydrogens is 353 g/mol. The highest BCUT2D eigenvalue weighted by Crippen LogP contribution is 2.22. The fourth-order valence-corrected chi connectivity index (χ4v) is 2.63. The Morgan fingerprint density at radius 2 is 1.89 bits per heavy atom. The Morgan fingerprint density at radius 1 is 1.19 bits per heavy atom. The number of carbonyl (C=O) groups excluding carboxylic acids is 3. The number of nitrogens with zero attached hydrogens (tertiary/aromatic N) is 1. The summed E-state index contributed by atoms with van der Waals surface area (Å²) in [4.78, 5) is 37.4. The lowest BCUT2D eigenvalue weighted by molar-refractivity contribution is -0.136. The van der Waals surface area contributed by atoms with Gasteiger partial charge in [0.25, 0.3) is 5.91 Å². The van der Waals surface area contributed by atoms with Crippen LogP contribution < -0.4 is 10.6 Å². The zero-order valence-electron chi connectivity index (χ0n) is 14.6. The molecule has 8 heteroatoms. The highest BCUT2D eigenvalue weighted by atomic mass is 19.1. The summed E-state index contributed by atoms with van der Waals surface area (Å²) in [5, 5.41) is 5.54. The molecule has 27 heavy (non-hydrogen) atoms. The van der Waals surface area contributed by atoms with Crippen LogP contribution in [0.4, 0.5) is 20.6 Å². The molecule has 0 spiro atoms. The number of anilines is 2. The highest BCUT2D eigenvalue weighted by Gasteiger charge is 2.32. The van der Waals surface area contributed by atoms with E-state index in [4.69, 9.17) is 4.74 Å². The molecule has 1 unspecified atom stereocenters. The number of halogens is 1. The van der Waals surface area contributed by atoms with Gasteiger partial charge in [-0.15, -0.1) is 0 Å². The Balaban J connectivity index is 1.72. The van der Waals surface area contributed by atoms with Gasteiger partial charge in [0.15, 0.2) is 6.10 Å². The van der Waals surface area contributed by atoms with Crippen LogP contribution in [0.3, 0.4) is 0 Å². The molecule has 2 aromatic carbocycles. The van der Waals surface area contributed by atoms with Crippen molar-refractivity contribution in [2.24, 2.45) is 0 Å². The standard InChI is InChI=1S/C19H18FN3O4/c1-12(17(24)23-11-10-21-19(23)26)27-18(25)15-4-2-3-5-16(15)22-14-8-6-13(20)7-9-14/h2-9,12,22H,10-11H2,1H3,(H,21,26). The fraction of sp³-hybridized carbons (Fsp3) is 0.211. The van der Waals surface area contributed by atoms with Crippen LogP contribution in [0.15, 0.2) is 48.5 Å². The fourth-order valence-electron chi connectivity index (χ4n) is 2.63. The second kappa shape index (κ2) is 7.86. The lowest BCUT2D eigenvalue weighted by atomic mass is 10.1. The van der Waals surface area contributed by atoms with Crippen molar-refractivity contribution in [2.45, 2.75) is 13.0 Å². The van der Waals surface area contributed by atoms with Gasteiger partial charge >= 0.3 is 12.0 Å².